The average Bonchev–Trinajstić information content (AvgIpc) is 3.53. The molecular formula is C34H38N4O6S2. The summed E-state index contributed by atoms with van der Waals surface area (Å²) in [6.07, 6.45) is 1.42. The van der Waals surface area contributed by atoms with Crippen molar-refractivity contribution in [2.75, 3.05) is 5.75 Å². The van der Waals surface area contributed by atoms with Gasteiger partial charge in [-0.3, -0.25) is 14.8 Å². The van der Waals surface area contributed by atoms with Crippen LogP contribution in [0, 0.1) is 6.92 Å². The predicted molar refractivity (Wildman–Crippen MR) is 176 cm³/mol. The van der Waals surface area contributed by atoms with Crippen molar-refractivity contribution in [3.05, 3.63) is 100 Å². The van der Waals surface area contributed by atoms with Crippen molar-refractivity contribution in [2.24, 2.45) is 0 Å². The minimum absolute atomic E-state index is 0.00811. The second-order valence-electron chi connectivity index (χ2n) is 11.1. The number of ether oxygens (including phenoxy) is 2. The van der Waals surface area contributed by atoms with Gasteiger partial charge in [0.1, 0.15) is 5.01 Å². The SMILES string of the molecule is Cc1nnc(SCC2CC(c3ccc(CO)cc3)OC(c3cccc(-c4cccc(CNC(=O)CCCCC(=O)NO)c4)c3)O2)s1. The van der Waals surface area contributed by atoms with Gasteiger partial charge in [-0.2, -0.15) is 0 Å². The molecule has 0 saturated carbocycles. The first-order valence-electron chi connectivity index (χ1n) is 15.2. The first-order valence-corrected chi connectivity index (χ1v) is 17.0. The Morgan fingerprint density at radius 3 is 2.37 bits per heavy atom. The molecule has 46 heavy (non-hydrogen) atoms. The van der Waals surface area contributed by atoms with E-state index >= 15 is 0 Å². The van der Waals surface area contributed by atoms with Gasteiger partial charge in [0, 0.05) is 37.1 Å². The Morgan fingerprint density at radius 1 is 0.913 bits per heavy atom. The molecule has 3 aromatic carbocycles. The van der Waals surface area contributed by atoms with Gasteiger partial charge >= 0.3 is 0 Å². The molecule has 3 atom stereocenters. The number of carbonyl (C=O) groups is 2. The maximum atomic E-state index is 12.3. The summed E-state index contributed by atoms with van der Waals surface area (Å²) < 4.78 is 14.0. The van der Waals surface area contributed by atoms with E-state index in [1.807, 2.05) is 67.6 Å². The van der Waals surface area contributed by atoms with E-state index in [2.05, 4.69) is 27.6 Å². The van der Waals surface area contributed by atoms with Gasteiger partial charge in [0.2, 0.25) is 11.8 Å². The number of aromatic nitrogens is 2. The maximum absolute atomic E-state index is 12.3. The summed E-state index contributed by atoms with van der Waals surface area (Å²) in [5.41, 5.74) is 7.38. The molecule has 1 saturated heterocycles. The third-order valence-corrected chi connectivity index (χ3v) is 9.71. The van der Waals surface area contributed by atoms with Crippen molar-refractivity contribution in [1.29, 1.82) is 0 Å². The Labute approximate surface area is 276 Å². The topological polar surface area (TPSA) is 143 Å². The first kappa shape index (κ1) is 33.7. The number of hydroxylamine groups is 1. The molecule has 242 valence electrons. The van der Waals surface area contributed by atoms with Crippen molar-refractivity contribution < 1.29 is 29.4 Å². The van der Waals surface area contributed by atoms with Crippen molar-refractivity contribution in [3.8, 4) is 11.1 Å². The standard InChI is InChI=1S/C34H38N4O6S2/c1-22-36-37-34(46-22)45-21-29-18-30(25-14-12-23(20-39)13-15-25)44-33(43-29)28-9-5-8-27(17-28)26-7-4-6-24(16-26)19-35-31(40)10-2-3-11-32(41)38-42/h4-9,12-17,29-30,33,39,42H,2-3,10-11,18-21H2,1H3,(H,35,40)(H,38,41). The zero-order chi connectivity index (χ0) is 32.3. The van der Waals surface area contributed by atoms with Gasteiger partial charge in [0.25, 0.3) is 0 Å². The number of aliphatic hydroxyl groups is 1. The number of rotatable bonds is 14. The van der Waals surface area contributed by atoms with Crippen LogP contribution in [0.25, 0.3) is 11.1 Å². The molecule has 0 radical (unpaired) electrons. The highest BCUT2D eigenvalue weighted by Gasteiger charge is 2.32. The van der Waals surface area contributed by atoms with Gasteiger partial charge in [0.05, 0.1) is 18.8 Å². The summed E-state index contributed by atoms with van der Waals surface area (Å²) in [7, 11) is 0. The fourth-order valence-electron chi connectivity index (χ4n) is 5.17. The first-order chi connectivity index (χ1) is 22.4. The van der Waals surface area contributed by atoms with Crippen LogP contribution in [0.3, 0.4) is 0 Å². The van der Waals surface area contributed by atoms with Gasteiger partial charge in [-0.1, -0.05) is 83.8 Å². The number of hydrogen-bond donors (Lipinski definition) is 4. The minimum Gasteiger partial charge on any atom is -0.392 e. The lowest BCUT2D eigenvalue weighted by Gasteiger charge is -2.36. The summed E-state index contributed by atoms with van der Waals surface area (Å²) >= 11 is 3.21. The lowest BCUT2D eigenvalue weighted by atomic mass is 9.99. The molecule has 1 fully saturated rings. The predicted octanol–water partition coefficient (Wildman–Crippen LogP) is 6.03. The monoisotopic (exact) mass is 662 g/mol. The number of thioether (sulfide) groups is 1. The van der Waals surface area contributed by atoms with Gasteiger partial charge < -0.3 is 19.9 Å². The van der Waals surface area contributed by atoms with E-state index in [9.17, 15) is 14.7 Å². The molecule has 1 aliphatic rings. The number of unbranched alkanes of at least 4 members (excludes halogenated alkanes) is 1. The molecular weight excluding hydrogens is 625 g/mol. The molecule has 4 N–H and O–H groups in total. The fraction of sp³-hybridized carbons (Fsp3) is 0.353. The van der Waals surface area contributed by atoms with E-state index in [0.29, 0.717) is 38.0 Å². The molecule has 4 aromatic rings. The van der Waals surface area contributed by atoms with E-state index in [0.717, 1.165) is 42.7 Å². The van der Waals surface area contributed by atoms with Gasteiger partial charge in [-0.15, -0.1) is 10.2 Å². The van der Waals surface area contributed by atoms with Crippen molar-refractivity contribution in [3.63, 3.8) is 0 Å². The van der Waals surface area contributed by atoms with Gasteiger partial charge in [-0.25, -0.2) is 5.48 Å². The second-order valence-corrected chi connectivity index (χ2v) is 13.5. The molecule has 12 heteroatoms. The number of carbonyl (C=O) groups excluding carboxylic acids is 2. The van der Waals surface area contributed by atoms with Crippen LogP contribution in [-0.2, 0) is 32.2 Å². The third kappa shape index (κ3) is 9.68. The third-order valence-electron chi connectivity index (χ3n) is 7.61. The quantitative estimate of drug-likeness (QED) is 0.0551. The number of nitrogens with zero attached hydrogens (tertiary/aromatic N) is 2. The zero-order valence-corrected chi connectivity index (χ0v) is 27.2. The highest BCUT2D eigenvalue weighted by molar-refractivity contribution is 8.01. The Balaban J connectivity index is 1.26. The number of aliphatic hydroxyl groups excluding tert-OH is 1. The van der Waals surface area contributed by atoms with Crippen LogP contribution < -0.4 is 10.8 Å². The van der Waals surface area contributed by atoms with Gasteiger partial charge in [0.15, 0.2) is 10.6 Å². The molecule has 5 rings (SSSR count). The number of amides is 2. The summed E-state index contributed by atoms with van der Waals surface area (Å²) in [5, 5.41) is 30.3. The molecule has 10 nitrogen and oxygen atoms in total. The van der Waals surface area contributed by atoms with E-state index in [4.69, 9.17) is 14.7 Å². The van der Waals surface area contributed by atoms with Crippen LogP contribution in [0.4, 0.5) is 0 Å². The van der Waals surface area contributed by atoms with Crippen LogP contribution in [0.2, 0.25) is 0 Å². The molecule has 1 aromatic heterocycles. The summed E-state index contributed by atoms with van der Waals surface area (Å²) in [5.74, 6) is 0.179. The van der Waals surface area contributed by atoms with Crippen LogP contribution >= 0.6 is 23.1 Å². The summed E-state index contributed by atoms with van der Waals surface area (Å²) in [6, 6.07) is 24.0. The van der Waals surface area contributed by atoms with Crippen molar-refractivity contribution in [2.45, 2.75) is 75.0 Å². The smallest absolute Gasteiger partial charge is 0.243 e. The Hall–Kier alpha value is -3.65. The normalized spacial score (nSPS) is 17.8. The maximum Gasteiger partial charge on any atom is 0.243 e. The average molecular weight is 663 g/mol. The van der Waals surface area contributed by atoms with Crippen LogP contribution in [0.1, 0.15) is 71.8 Å². The molecule has 3 unspecified atom stereocenters. The second kappa shape index (κ2) is 16.8. The lowest BCUT2D eigenvalue weighted by Crippen LogP contribution is -2.31. The Morgan fingerprint density at radius 2 is 1.65 bits per heavy atom. The largest absolute Gasteiger partial charge is 0.392 e. The van der Waals surface area contributed by atoms with Crippen LogP contribution in [0.5, 0.6) is 0 Å². The number of nitrogens with one attached hydrogen (secondary N) is 2. The number of benzene rings is 3. The number of hydrogen-bond acceptors (Lipinski definition) is 10. The lowest BCUT2D eigenvalue weighted by molar-refractivity contribution is -0.245. The number of aryl methyl sites for hydroxylation is 1. The molecule has 0 bridgehead atoms. The Kier molecular flexibility index (Phi) is 12.3. The van der Waals surface area contributed by atoms with Crippen LogP contribution in [-0.4, -0.2) is 44.2 Å². The van der Waals surface area contributed by atoms with Crippen molar-refractivity contribution >= 4 is 34.9 Å². The van der Waals surface area contributed by atoms with E-state index < -0.39 is 12.2 Å². The highest BCUT2D eigenvalue weighted by atomic mass is 32.2. The van der Waals surface area contributed by atoms with E-state index in [1.165, 1.54) is 0 Å². The van der Waals surface area contributed by atoms with Gasteiger partial charge in [-0.05, 0) is 59.7 Å². The molecule has 2 heterocycles. The molecule has 1 aliphatic heterocycles. The fourth-order valence-corrected chi connectivity index (χ4v) is 7.02. The highest BCUT2D eigenvalue weighted by Crippen LogP contribution is 2.40. The summed E-state index contributed by atoms with van der Waals surface area (Å²) in [4.78, 5) is 23.4. The minimum atomic E-state index is -0.580. The van der Waals surface area contributed by atoms with Crippen molar-refractivity contribution in [1.82, 2.24) is 21.0 Å². The zero-order valence-electron chi connectivity index (χ0n) is 25.6. The van der Waals surface area contributed by atoms with E-state index in [-0.39, 0.29) is 31.1 Å². The Bertz CT molecular complexity index is 1600. The summed E-state index contributed by atoms with van der Waals surface area (Å²) in [6.45, 7) is 2.33. The van der Waals surface area contributed by atoms with Crippen LogP contribution in [0.15, 0.2) is 77.1 Å². The van der Waals surface area contributed by atoms with E-state index in [1.54, 1.807) is 28.6 Å². The molecule has 0 aliphatic carbocycles. The molecule has 2 amide bonds. The molecule has 0 spiro atoms.